The highest BCUT2D eigenvalue weighted by atomic mass is 32.2. The molecule has 1 aromatic carbocycles. The summed E-state index contributed by atoms with van der Waals surface area (Å²) in [6.07, 6.45) is -3.27. The summed E-state index contributed by atoms with van der Waals surface area (Å²) in [4.78, 5) is -0.513. The van der Waals surface area contributed by atoms with Crippen LogP contribution in [0.5, 0.6) is 0 Å². The molecule has 0 bridgehead atoms. The zero-order chi connectivity index (χ0) is 19.9. The Morgan fingerprint density at radius 2 is 1.85 bits per heavy atom. The molecule has 0 N–H and O–H groups in total. The third kappa shape index (κ3) is 4.19. The molecule has 1 aliphatic rings. The van der Waals surface area contributed by atoms with E-state index in [0.29, 0.717) is 6.07 Å². The topological polar surface area (TPSA) is 84.7 Å². The molecular formula is C16H16F3NO5S2. The quantitative estimate of drug-likeness (QED) is 0.738. The summed E-state index contributed by atoms with van der Waals surface area (Å²) in [6, 6.07) is 6.46. The van der Waals surface area contributed by atoms with Gasteiger partial charge in [-0.05, 0) is 36.8 Å². The lowest BCUT2D eigenvalue weighted by Gasteiger charge is -2.17. The van der Waals surface area contributed by atoms with E-state index in [0.717, 1.165) is 22.5 Å². The maximum Gasteiger partial charge on any atom is 0.416 e. The number of sulfonamides is 1. The second-order valence-corrected chi connectivity index (χ2v) is 10.4. The van der Waals surface area contributed by atoms with Crippen LogP contribution in [0.3, 0.4) is 0 Å². The van der Waals surface area contributed by atoms with Gasteiger partial charge in [-0.2, -0.15) is 17.5 Å². The monoisotopic (exact) mass is 423 g/mol. The summed E-state index contributed by atoms with van der Waals surface area (Å²) in [7, 11) is -7.90. The third-order valence-corrected chi connectivity index (χ3v) is 8.29. The maximum atomic E-state index is 12.8. The van der Waals surface area contributed by atoms with Gasteiger partial charge < -0.3 is 4.42 Å². The predicted octanol–water partition coefficient (Wildman–Crippen LogP) is 2.68. The number of nitrogens with zero attached hydrogens (tertiary/aromatic N) is 1. The fourth-order valence-electron chi connectivity index (χ4n) is 2.90. The molecule has 148 valence electrons. The minimum absolute atomic E-state index is 0.0707. The maximum absolute atomic E-state index is 12.8. The average molecular weight is 423 g/mol. The van der Waals surface area contributed by atoms with Gasteiger partial charge in [0.05, 0.1) is 22.0 Å². The molecule has 6 nitrogen and oxygen atoms in total. The first-order valence-electron chi connectivity index (χ1n) is 7.91. The molecule has 0 radical (unpaired) electrons. The van der Waals surface area contributed by atoms with E-state index in [4.69, 9.17) is 4.42 Å². The second-order valence-electron chi connectivity index (χ2n) is 6.19. The van der Waals surface area contributed by atoms with Gasteiger partial charge in [0.1, 0.15) is 11.5 Å². The molecule has 1 aliphatic heterocycles. The van der Waals surface area contributed by atoms with E-state index in [1.165, 1.54) is 12.3 Å². The van der Waals surface area contributed by atoms with E-state index < -0.39 is 41.7 Å². The van der Waals surface area contributed by atoms with Crippen molar-refractivity contribution in [2.75, 3.05) is 13.1 Å². The molecule has 1 fully saturated rings. The van der Waals surface area contributed by atoms with Crippen molar-refractivity contribution in [1.82, 2.24) is 4.31 Å². The molecule has 3 rings (SSSR count). The SMILES string of the molecule is O=S(=O)(Cc1ccco1)[C@@H]1CCN(S(=O)(=O)c2cccc(C(F)(F)F)c2)C1. The average Bonchev–Trinajstić information content (AvgIpc) is 3.25. The Bertz CT molecular complexity index is 1010. The van der Waals surface area contributed by atoms with Crippen LogP contribution < -0.4 is 0 Å². The smallest absolute Gasteiger partial charge is 0.416 e. The lowest BCUT2D eigenvalue weighted by Crippen LogP contribution is -2.32. The Hall–Kier alpha value is -1.85. The molecule has 1 aromatic heterocycles. The molecule has 0 unspecified atom stereocenters. The van der Waals surface area contributed by atoms with E-state index in [-0.39, 0.29) is 31.0 Å². The lowest BCUT2D eigenvalue weighted by molar-refractivity contribution is -0.137. The number of rotatable bonds is 5. The van der Waals surface area contributed by atoms with Crippen LogP contribution in [0.2, 0.25) is 0 Å². The van der Waals surface area contributed by atoms with Gasteiger partial charge >= 0.3 is 6.18 Å². The molecule has 2 aromatic rings. The summed E-state index contributed by atoms with van der Waals surface area (Å²) in [6.45, 7) is -0.387. The molecule has 1 saturated heterocycles. The number of alkyl halides is 3. The van der Waals surface area contributed by atoms with E-state index in [1.807, 2.05) is 0 Å². The van der Waals surface area contributed by atoms with Gasteiger partial charge in [-0.15, -0.1) is 0 Å². The van der Waals surface area contributed by atoms with Gasteiger partial charge in [0.15, 0.2) is 9.84 Å². The predicted molar refractivity (Wildman–Crippen MR) is 89.9 cm³/mol. The minimum atomic E-state index is -4.68. The second kappa shape index (κ2) is 6.95. The van der Waals surface area contributed by atoms with E-state index >= 15 is 0 Å². The Labute approximate surface area is 154 Å². The molecular weight excluding hydrogens is 407 g/mol. The molecule has 2 heterocycles. The van der Waals surface area contributed by atoms with E-state index in [9.17, 15) is 30.0 Å². The Kier molecular flexibility index (Phi) is 5.12. The van der Waals surface area contributed by atoms with Crippen LogP contribution in [0.4, 0.5) is 13.2 Å². The summed E-state index contributed by atoms with van der Waals surface area (Å²) in [5.74, 6) is -0.114. The van der Waals surface area contributed by atoms with Crippen molar-refractivity contribution in [2.24, 2.45) is 0 Å². The fourth-order valence-corrected chi connectivity index (χ4v) is 6.21. The number of hydrogen-bond acceptors (Lipinski definition) is 5. The molecule has 27 heavy (non-hydrogen) atoms. The minimum Gasteiger partial charge on any atom is -0.468 e. The summed E-state index contributed by atoms with van der Waals surface area (Å²) < 4.78 is 94.7. The zero-order valence-electron chi connectivity index (χ0n) is 13.9. The van der Waals surface area contributed by atoms with Crippen molar-refractivity contribution in [1.29, 1.82) is 0 Å². The van der Waals surface area contributed by atoms with Gasteiger partial charge in [-0.1, -0.05) is 6.07 Å². The number of furan rings is 1. The standard InChI is InChI=1S/C16H16F3NO5S2/c17-16(18,19)12-3-1-5-14(9-12)27(23,24)20-7-6-15(10-20)26(21,22)11-13-4-2-8-25-13/h1-5,8-9,15H,6-7,10-11H2/t15-/m1/s1. The molecule has 11 heteroatoms. The van der Waals surface area contributed by atoms with Crippen LogP contribution in [-0.2, 0) is 31.8 Å². The Balaban J connectivity index is 1.80. The van der Waals surface area contributed by atoms with Crippen LogP contribution >= 0.6 is 0 Å². The molecule has 0 amide bonds. The Morgan fingerprint density at radius 3 is 2.48 bits per heavy atom. The lowest BCUT2D eigenvalue weighted by atomic mass is 10.2. The molecule has 0 aliphatic carbocycles. The zero-order valence-corrected chi connectivity index (χ0v) is 15.5. The van der Waals surface area contributed by atoms with Crippen LogP contribution in [0.25, 0.3) is 0 Å². The van der Waals surface area contributed by atoms with Gasteiger partial charge in [-0.25, -0.2) is 16.8 Å². The fraction of sp³-hybridized carbons (Fsp3) is 0.375. The van der Waals surface area contributed by atoms with Gasteiger partial charge in [0.25, 0.3) is 0 Å². The number of sulfone groups is 1. The molecule has 1 atom stereocenters. The first kappa shape index (κ1) is 19.9. The van der Waals surface area contributed by atoms with Crippen molar-refractivity contribution >= 4 is 19.9 Å². The first-order valence-corrected chi connectivity index (χ1v) is 11.1. The van der Waals surface area contributed by atoms with E-state index in [2.05, 4.69) is 0 Å². The third-order valence-electron chi connectivity index (χ3n) is 4.34. The van der Waals surface area contributed by atoms with Crippen LogP contribution in [-0.4, -0.2) is 39.5 Å². The van der Waals surface area contributed by atoms with Crippen LogP contribution in [0, 0.1) is 0 Å². The van der Waals surface area contributed by atoms with Crippen molar-refractivity contribution in [3.05, 3.63) is 54.0 Å². The first-order chi connectivity index (χ1) is 12.5. The highest BCUT2D eigenvalue weighted by molar-refractivity contribution is 7.91. The van der Waals surface area contributed by atoms with Crippen LogP contribution in [0.1, 0.15) is 17.7 Å². The van der Waals surface area contributed by atoms with Gasteiger partial charge in [-0.3, -0.25) is 0 Å². The number of benzene rings is 1. The van der Waals surface area contributed by atoms with E-state index in [1.54, 1.807) is 6.07 Å². The largest absolute Gasteiger partial charge is 0.468 e. The normalized spacial score (nSPS) is 19.4. The summed E-state index contributed by atoms with van der Waals surface area (Å²) >= 11 is 0. The molecule has 0 spiro atoms. The highest BCUT2D eigenvalue weighted by Gasteiger charge is 2.40. The van der Waals surface area contributed by atoms with Crippen LogP contribution in [0.15, 0.2) is 52.0 Å². The summed E-state index contributed by atoms with van der Waals surface area (Å²) in [5.41, 5.74) is -1.08. The van der Waals surface area contributed by atoms with Crippen molar-refractivity contribution < 1.29 is 34.4 Å². The number of halogens is 3. The van der Waals surface area contributed by atoms with Gasteiger partial charge in [0.2, 0.25) is 10.0 Å². The highest BCUT2D eigenvalue weighted by Crippen LogP contribution is 2.32. The van der Waals surface area contributed by atoms with Gasteiger partial charge in [0, 0.05) is 13.1 Å². The van der Waals surface area contributed by atoms with Crippen molar-refractivity contribution in [3.63, 3.8) is 0 Å². The summed E-state index contributed by atoms with van der Waals surface area (Å²) in [5, 5.41) is -0.942. The number of hydrogen-bond donors (Lipinski definition) is 0. The van der Waals surface area contributed by atoms with Crippen molar-refractivity contribution in [2.45, 2.75) is 28.5 Å². The van der Waals surface area contributed by atoms with Crippen molar-refractivity contribution in [3.8, 4) is 0 Å². The Morgan fingerprint density at radius 1 is 1.11 bits per heavy atom. The molecule has 0 saturated carbocycles.